The van der Waals surface area contributed by atoms with Gasteiger partial charge in [0.1, 0.15) is 0 Å². The van der Waals surface area contributed by atoms with Crippen molar-refractivity contribution in [2.24, 2.45) is 5.92 Å². The number of ether oxygens (including phenoxy) is 1. The highest BCUT2D eigenvalue weighted by molar-refractivity contribution is 7.82. The van der Waals surface area contributed by atoms with E-state index in [1.54, 1.807) is 44.2 Å². The number of ketones is 1. The first-order valence-electron chi connectivity index (χ1n) is 8.67. The number of carbonyl (C=O) groups is 4. The quantitative estimate of drug-likeness (QED) is 0.511. The molecule has 0 aromatic heterocycles. The maximum atomic E-state index is 12.8. The zero-order valence-electron chi connectivity index (χ0n) is 16.1. The minimum Gasteiger partial charge on any atom is -0.453 e. The van der Waals surface area contributed by atoms with Gasteiger partial charge in [-0.25, -0.2) is 19.2 Å². The van der Waals surface area contributed by atoms with E-state index in [1.165, 1.54) is 18.2 Å². The van der Waals surface area contributed by atoms with Crippen LogP contribution in [0.25, 0.3) is 0 Å². The average Bonchev–Trinajstić information content (AvgIpc) is 2.73. The molecule has 29 heavy (non-hydrogen) atoms. The highest BCUT2D eigenvalue weighted by Gasteiger charge is 2.22. The lowest BCUT2D eigenvalue weighted by atomic mass is 10.0. The van der Waals surface area contributed by atoms with E-state index in [1.807, 2.05) is 5.32 Å². The van der Waals surface area contributed by atoms with Crippen molar-refractivity contribution in [3.63, 3.8) is 0 Å². The number of benzene rings is 2. The molecule has 0 spiro atoms. The fourth-order valence-corrected chi connectivity index (χ4v) is 2.50. The fourth-order valence-electron chi connectivity index (χ4n) is 2.29. The number of nitrogens with zero attached hydrogens (tertiary/aromatic N) is 1. The summed E-state index contributed by atoms with van der Waals surface area (Å²) in [6.07, 6.45) is -0.974. The number of rotatable bonds is 5. The van der Waals surface area contributed by atoms with Gasteiger partial charge >= 0.3 is 12.1 Å². The van der Waals surface area contributed by atoms with Gasteiger partial charge in [0.2, 0.25) is 5.91 Å². The van der Waals surface area contributed by atoms with Crippen LogP contribution in [-0.4, -0.2) is 30.9 Å². The van der Waals surface area contributed by atoms with Crippen LogP contribution >= 0.6 is 12.8 Å². The first-order chi connectivity index (χ1) is 13.7. The second kappa shape index (κ2) is 9.74. The van der Waals surface area contributed by atoms with Gasteiger partial charge in [0.15, 0.2) is 5.78 Å². The summed E-state index contributed by atoms with van der Waals surface area (Å²) in [5.74, 6) is -0.877. The van der Waals surface area contributed by atoms with Crippen molar-refractivity contribution < 1.29 is 23.9 Å². The zero-order chi connectivity index (χ0) is 21.6. The Morgan fingerprint density at radius 2 is 1.66 bits per heavy atom. The molecular weight excluding hydrogens is 394 g/mol. The molecule has 9 heteroatoms. The predicted molar refractivity (Wildman–Crippen MR) is 112 cm³/mol. The molecule has 0 unspecified atom stereocenters. The summed E-state index contributed by atoms with van der Waals surface area (Å²) in [7, 11) is 1.11. The Morgan fingerprint density at radius 3 is 2.24 bits per heavy atom. The van der Waals surface area contributed by atoms with Gasteiger partial charge in [-0.1, -0.05) is 57.0 Å². The molecule has 0 bridgehead atoms. The number of thiol groups is 1. The number of amides is 4. The minimum atomic E-state index is -0.974. The van der Waals surface area contributed by atoms with Crippen LogP contribution in [0.15, 0.2) is 48.5 Å². The molecule has 0 atom stereocenters. The van der Waals surface area contributed by atoms with E-state index in [0.717, 1.165) is 11.4 Å². The van der Waals surface area contributed by atoms with Gasteiger partial charge in [0.05, 0.1) is 18.5 Å². The van der Waals surface area contributed by atoms with E-state index in [2.05, 4.69) is 22.9 Å². The van der Waals surface area contributed by atoms with Crippen molar-refractivity contribution in [3.05, 3.63) is 59.7 Å². The number of imide groups is 1. The van der Waals surface area contributed by atoms with Gasteiger partial charge in [-0.05, 0) is 18.2 Å². The van der Waals surface area contributed by atoms with E-state index in [4.69, 9.17) is 0 Å². The standard InChI is InChI=1S/C20H21N3O5S/c1-12(2)18(25)21-15-10-9-14(17(24)13-7-5-4-6-8-13)11-16(15)23(29)19(26)22-20(27)28-3/h4-12,29H,1-3H3,(H,21,25)(H,22,26,27). The molecule has 8 nitrogen and oxygen atoms in total. The van der Waals surface area contributed by atoms with Gasteiger partial charge in [-0.3, -0.25) is 9.59 Å². The molecule has 2 N–H and O–H groups in total. The third-order valence-corrected chi connectivity index (χ3v) is 4.29. The second-order valence-electron chi connectivity index (χ2n) is 6.30. The van der Waals surface area contributed by atoms with Gasteiger partial charge in [0.25, 0.3) is 0 Å². The topological polar surface area (TPSA) is 105 Å². The van der Waals surface area contributed by atoms with Gasteiger partial charge < -0.3 is 10.1 Å². The van der Waals surface area contributed by atoms with E-state index < -0.39 is 12.1 Å². The van der Waals surface area contributed by atoms with Gasteiger partial charge in [-0.15, -0.1) is 0 Å². The molecule has 0 saturated heterocycles. The van der Waals surface area contributed by atoms with Crippen LogP contribution in [0, 0.1) is 5.92 Å². The lowest BCUT2D eigenvalue weighted by Gasteiger charge is -2.21. The van der Waals surface area contributed by atoms with E-state index in [9.17, 15) is 19.2 Å². The normalized spacial score (nSPS) is 10.2. The lowest BCUT2D eigenvalue weighted by molar-refractivity contribution is -0.118. The monoisotopic (exact) mass is 415 g/mol. The predicted octanol–water partition coefficient (Wildman–Crippen LogP) is 3.64. The lowest BCUT2D eigenvalue weighted by Crippen LogP contribution is -2.38. The summed E-state index contributed by atoms with van der Waals surface area (Å²) < 4.78 is 5.21. The van der Waals surface area contributed by atoms with E-state index in [0.29, 0.717) is 5.56 Å². The number of alkyl carbamates (subject to hydrolysis) is 1. The van der Waals surface area contributed by atoms with Crippen LogP contribution in [0.2, 0.25) is 0 Å². The third-order valence-electron chi connectivity index (χ3n) is 3.89. The van der Waals surface area contributed by atoms with Crippen LogP contribution in [0.3, 0.4) is 0 Å². The number of carbonyl (C=O) groups excluding carboxylic acids is 4. The molecule has 2 aromatic rings. The molecule has 152 valence electrons. The van der Waals surface area contributed by atoms with Gasteiger partial charge in [-0.2, -0.15) is 0 Å². The molecular formula is C20H21N3O5S. The van der Waals surface area contributed by atoms with Crippen molar-refractivity contribution in [1.29, 1.82) is 0 Å². The molecule has 2 aromatic carbocycles. The molecule has 0 heterocycles. The molecule has 0 fully saturated rings. The number of nitrogens with one attached hydrogen (secondary N) is 2. The van der Waals surface area contributed by atoms with E-state index >= 15 is 0 Å². The Kier molecular flexibility index (Phi) is 7.38. The highest BCUT2D eigenvalue weighted by atomic mass is 32.1. The molecule has 0 saturated carbocycles. The Morgan fingerprint density at radius 1 is 1.00 bits per heavy atom. The summed E-state index contributed by atoms with van der Waals surface area (Å²) in [4.78, 5) is 48.5. The molecule has 4 amide bonds. The van der Waals surface area contributed by atoms with Crippen LogP contribution in [0.4, 0.5) is 21.0 Å². The molecule has 2 rings (SSSR count). The Bertz CT molecular complexity index is 931. The Hall–Kier alpha value is -3.33. The smallest absolute Gasteiger partial charge is 0.415 e. The van der Waals surface area contributed by atoms with Crippen molar-refractivity contribution in [1.82, 2.24) is 5.32 Å². The summed E-state index contributed by atoms with van der Waals surface area (Å²) in [5.41, 5.74) is 1.11. The Balaban J connectivity index is 2.44. The molecule has 0 aliphatic rings. The highest BCUT2D eigenvalue weighted by Crippen LogP contribution is 2.30. The number of hydrogen-bond acceptors (Lipinski definition) is 6. The molecule has 0 aliphatic carbocycles. The maximum Gasteiger partial charge on any atom is 0.415 e. The summed E-state index contributed by atoms with van der Waals surface area (Å²) in [6.45, 7) is 3.43. The summed E-state index contributed by atoms with van der Waals surface area (Å²) in [5, 5.41) is 4.65. The second-order valence-corrected chi connectivity index (χ2v) is 6.70. The largest absolute Gasteiger partial charge is 0.453 e. The maximum absolute atomic E-state index is 12.8. The van der Waals surface area contributed by atoms with Crippen molar-refractivity contribution >= 4 is 48.0 Å². The zero-order valence-corrected chi connectivity index (χ0v) is 17.0. The van der Waals surface area contributed by atoms with Crippen LogP contribution in [0.5, 0.6) is 0 Å². The average molecular weight is 415 g/mol. The van der Waals surface area contributed by atoms with E-state index in [-0.39, 0.29) is 34.5 Å². The Labute approximate surface area is 173 Å². The minimum absolute atomic E-state index is 0.116. The summed E-state index contributed by atoms with van der Waals surface area (Å²) >= 11 is 4.13. The molecule has 0 aliphatic heterocycles. The van der Waals surface area contributed by atoms with Crippen LogP contribution in [0.1, 0.15) is 29.8 Å². The number of methoxy groups -OCH3 is 1. The van der Waals surface area contributed by atoms with Crippen molar-refractivity contribution in [2.45, 2.75) is 13.8 Å². The van der Waals surface area contributed by atoms with Crippen molar-refractivity contribution in [3.8, 4) is 0 Å². The first-order valence-corrected chi connectivity index (χ1v) is 9.07. The third kappa shape index (κ3) is 5.58. The number of anilines is 2. The fraction of sp³-hybridized carbons (Fsp3) is 0.200. The SMILES string of the molecule is COC(=O)NC(=O)N(S)c1cc(C(=O)c2ccccc2)ccc1NC(=O)C(C)C. The van der Waals surface area contributed by atoms with Crippen LogP contribution in [-0.2, 0) is 9.53 Å². The van der Waals surface area contributed by atoms with Gasteiger partial charge in [0, 0.05) is 17.0 Å². The number of urea groups is 1. The van der Waals surface area contributed by atoms with Crippen molar-refractivity contribution in [2.75, 3.05) is 16.7 Å². The number of hydrogen-bond donors (Lipinski definition) is 3. The first kappa shape index (κ1) is 22.0. The molecule has 0 radical (unpaired) electrons. The summed E-state index contributed by atoms with van der Waals surface area (Å²) in [6, 6.07) is 12.1. The van der Waals surface area contributed by atoms with Crippen LogP contribution < -0.4 is 14.9 Å².